The van der Waals surface area contributed by atoms with Crippen LogP contribution in [0.2, 0.25) is 0 Å². The van der Waals surface area contributed by atoms with Crippen molar-refractivity contribution in [2.45, 2.75) is 32.9 Å². The summed E-state index contributed by atoms with van der Waals surface area (Å²) in [6.45, 7) is 7.12. The number of fused-ring (bicyclic) bond motifs is 1. The van der Waals surface area contributed by atoms with Crippen molar-refractivity contribution in [2.24, 2.45) is 5.73 Å². The minimum absolute atomic E-state index is 0.331. The van der Waals surface area contributed by atoms with E-state index in [4.69, 9.17) is 10.5 Å². The Labute approximate surface area is 102 Å². The van der Waals surface area contributed by atoms with Gasteiger partial charge in [-0.2, -0.15) is 0 Å². The van der Waals surface area contributed by atoms with E-state index in [2.05, 4.69) is 29.7 Å². The van der Waals surface area contributed by atoms with Crippen LogP contribution in [-0.2, 0) is 12.1 Å². The summed E-state index contributed by atoms with van der Waals surface area (Å²) in [7, 11) is 1.69. The first-order valence-corrected chi connectivity index (χ1v) is 5.94. The molecule has 3 nitrogen and oxygen atoms in total. The van der Waals surface area contributed by atoms with Gasteiger partial charge in [-0.3, -0.25) is 0 Å². The van der Waals surface area contributed by atoms with E-state index in [0.717, 1.165) is 18.0 Å². The smallest absolute Gasteiger partial charge is 0.119 e. The maximum absolute atomic E-state index is 6.22. The van der Waals surface area contributed by atoms with E-state index in [-0.39, 0.29) is 5.54 Å². The van der Waals surface area contributed by atoms with Gasteiger partial charge >= 0.3 is 0 Å². The molecule has 0 fully saturated rings. The molecule has 1 heterocycles. The van der Waals surface area contributed by atoms with Gasteiger partial charge in [0.05, 0.1) is 12.6 Å². The summed E-state index contributed by atoms with van der Waals surface area (Å²) in [4.78, 5) is 0. The van der Waals surface area contributed by atoms with Crippen LogP contribution >= 0.6 is 0 Å². The van der Waals surface area contributed by atoms with Gasteiger partial charge in [0.2, 0.25) is 0 Å². The van der Waals surface area contributed by atoms with Crippen molar-refractivity contribution in [3.63, 3.8) is 0 Å². The van der Waals surface area contributed by atoms with Gasteiger partial charge in [-0.1, -0.05) is 0 Å². The normalized spacial score (nSPS) is 12.1. The van der Waals surface area contributed by atoms with Crippen LogP contribution in [0.4, 0.5) is 0 Å². The molecule has 17 heavy (non-hydrogen) atoms. The fourth-order valence-corrected chi connectivity index (χ4v) is 2.25. The van der Waals surface area contributed by atoms with Crippen molar-refractivity contribution in [3.05, 3.63) is 30.0 Å². The first kappa shape index (κ1) is 12.0. The number of rotatable bonds is 3. The summed E-state index contributed by atoms with van der Waals surface area (Å²) in [5.41, 5.74) is 8.25. The summed E-state index contributed by atoms with van der Waals surface area (Å²) >= 11 is 0. The summed E-state index contributed by atoms with van der Waals surface area (Å²) < 4.78 is 7.51. The molecular weight excluding hydrogens is 212 g/mol. The largest absolute Gasteiger partial charge is 0.497 e. The Morgan fingerprint density at radius 1 is 1.29 bits per heavy atom. The van der Waals surface area contributed by atoms with Crippen molar-refractivity contribution in [1.82, 2.24) is 4.57 Å². The van der Waals surface area contributed by atoms with E-state index < -0.39 is 0 Å². The Hall–Kier alpha value is -1.48. The molecule has 2 aromatic rings. The van der Waals surface area contributed by atoms with Gasteiger partial charge in [0, 0.05) is 23.1 Å². The average molecular weight is 232 g/mol. The van der Waals surface area contributed by atoms with E-state index in [1.165, 1.54) is 10.9 Å². The van der Waals surface area contributed by atoms with E-state index in [1.54, 1.807) is 7.11 Å². The molecule has 0 saturated heterocycles. The molecule has 2 rings (SSSR count). The van der Waals surface area contributed by atoms with Gasteiger partial charge in [0.1, 0.15) is 5.75 Å². The Morgan fingerprint density at radius 3 is 2.53 bits per heavy atom. The number of benzene rings is 1. The highest BCUT2D eigenvalue weighted by atomic mass is 16.5. The molecule has 0 bridgehead atoms. The summed E-state index contributed by atoms with van der Waals surface area (Å²) in [5.74, 6) is 0.882. The van der Waals surface area contributed by atoms with Gasteiger partial charge in [-0.25, -0.2) is 0 Å². The second-order valence-corrected chi connectivity index (χ2v) is 4.92. The highest BCUT2D eigenvalue weighted by molar-refractivity contribution is 5.83. The Kier molecular flexibility index (Phi) is 2.87. The highest BCUT2D eigenvalue weighted by Crippen LogP contribution is 2.29. The number of nitrogens with two attached hydrogens (primary N) is 1. The number of hydrogen-bond acceptors (Lipinski definition) is 2. The van der Waals surface area contributed by atoms with Crippen LogP contribution in [0.3, 0.4) is 0 Å². The molecule has 3 heteroatoms. The first-order valence-electron chi connectivity index (χ1n) is 5.94. The fourth-order valence-electron chi connectivity index (χ4n) is 2.25. The van der Waals surface area contributed by atoms with Gasteiger partial charge in [0.25, 0.3) is 0 Å². The third-order valence-electron chi connectivity index (χ3n) is 3.08. The lowest BCUT2D eigenvalue weighted by Gasteiger charge is -2.21. The van der Waals surface area contributed by atoms with E-state index in [1.807, 2.05) is 19.9 Å². The molecule has 1 aromatic heterocycles. The second-order valence-electron chi connectivity index (χ2n) is 4.92. The van der Waals surface area contributed by atoms with Crippen LogP contribution in [0.25, 0.3) is 10.9 Å². The number of nitrogens with zero attached hydrogens (tertiary/aromatic N) is 1. The van der Waals surface area contributed by atoms with Crippen LogP contribution in [-0.4, -0.2) is 11.7 Å². The highest BCUT2D eigenvalue weighted by Gasteiger charge is 2.20. The lowest BCUT2D eigenvalue weighted by atomic mass is 10.0. The topological polar surface area (TPSA) is 40.2 Å². The third kappa shape index (κ3) is 2.03. The van der Waals surface area contributed by atoms with Gasteiger partial charge in [-0.15, -0.1) is 0 Å². The second kappa shape index (κ2) is 4.08. The molecule has 92 valence electrons. The fraction of sp³-hybridized carbons (Fsp3) is 0.429. The van der Waals surface area contributed by atoms with E-state index >= 15 is 0 Å². The predicted octanol–water partition coefficient (Wildman–Crippen LogP) is 2.86. The molecule has 0 aliphatic rings. The number of aromatic nitrogens is 1. The van der Waals surface area contributed by atoms with Crippen molar-refractivity contribution >= 4 is 10.9 Å². The van der Waals surface area contributed by atoms with Gasteiger partial charge in [0.15, 0.2) is 0 Å². The molecule has 0 spiro atoms. The lowest BCUT2D eigenvalue weighted by molar-refractivity contribution is 0.415. The molecule has 0 saturated carbocycles. The van der Waals surface area contributed by atoms with Crippen molar-refractivity contribution in [3.8, 4) is 5.75 Å². The maximum atomic E-state index is 6.22. The number of aryl methyl sites for hydroxylation is 1. The summed E-state index contributed by atoms with van der Waals surface area (Å²) in [6.07, 6.45) is 0. The minimum atomic E-state index is -0.331. The summed E-state index contributed by atoms with van der Waals surface area (Å²) in [5, 5.41) is 1.18. The molecule has 0 radical (unpaired) electrons. The first-order chi connectivity index (χ1) is 7.97. The van der Waals surface area contributed by atoms with Gasteiger partial charge in [-0.05, 0) is 45.0 Å². The molecule has 0 atom stereocenters. The minimum Gasteiger partial charge on any atom is -0.497 e. The molecule has 2 N–H and O–H groups in total. The molecule has 0 aliphatic heterocycles. The molecule has 0 amide bonds. The SMILES string of the molecule is CCn1c(C(C)(C)N)cc2cc(OC)ccc21. The third-order valence-corrected chi connectivity index (χ3v) is 3.08. The maximum Gasteiger partial charge on any atom is 0.119 e. The Morgan fingerprint density at radius 2 is 2.00 bits per heavy atom. The van der Waals surface area contributed by atoms with Crippen LogP contribution in [0.1, 0.15) is 26.5 Å². The monoisotopic (exact) mass is 232 g/mol. The zero-order valence-corrected chi connectivity index (χ0v) is 10.9. The standard InChI is InChI=1S/C14H20N2O/c1-5-16-12-7-6-11(17-4)8-10(12)9-13(16)14(2,3)15/h6-9H,5,15H2,1-4H3. The molecular formula is C14H20N2O. The van der Waals surface area contributed by atoms with Crippen LogP contribution in [0.15, 0.2) is 24.3 Å². The Balaban J connectivity index is 2.70. The van der Waals surface area contributed by atoms with Crippen molar-refractivity contribution in [1.29, 1.82) is 0 Å². The number of hydrogen-bond donors (Lipinski definition) is 1. The zero-order valence-electron chi connectivity index (χ0n) is 10.9. The predicted molar refractivity (Wildman–Crippen MR) is 71.4 cm³/mol. The number of methoxy groups -OCH3 is 1. The molecule has 0 aliphatic carbocycles. The van der Waals surface area contributed by atoms with E-state index in [9.17, 15) is 0 Å². The molecule has 1 aromatic carbocycles. The number of ether oxygens (including phenoxy) is 1. The van der Waals surface area contributed by atoms with Crippen LogP contribution in [0.5, 0.6) is 5.75 Å². The Bertz CT molecular complexity index is 535. The zero-order chi connectivity index (χ0) is 12.6. The van der Waals surface area contributed by atoms with Crippen LogP contribution < -0.4 is 10.5 Å². The lowest BCUT2D eigenvalue weighted by Crippen LogP contribution is -2.31. The average Bonchev–Trinajstić information content (AvgIpc) is 2.65. The van der Waals surface area contributed by atoms with Crippen molar-refractivity contribution < 1.29 is 4.74 Å². The van der Waals surface area contributed by atoms with E-state index in [0.29, 0.717) is 0 Å². The van der Waals surface area contributed by atoms with Gasteiger partial charge < -0.3 is 15.0 Å². The summed E-state index contributed by atoms with van der Waals surface area (Å²) in [6, 6.07) is 8.28. The van der Waals surface area contributed by atoms with Crippen molar-refractivity contribution in [2.75, 3.05) is 7.11 Å². The molecule has 0 unspecified atom stereocenters. The van der Waals surface area contributed by atoms with Crippen LogP contribution in [0, 0.1) is 0 Å². The quantitative estimate of drug-likeness (QED) is 0.884.